The topological polar surface area (TPSA) is 20.2 Å². The molecule has 1 heteroatoms. The molecule has 1 aliphatic rings. The van der Waals surface area contributed by atoms with Gasteiger partial charge in [0.2, 0.25) is 0 Å². The molecule has 0 aliphatic heterocycles. The molecule has 1 aliphatic carbocycles. The van der Waals surface area contributed by atoms with Crippen LogP contribution in [0.1, 0.15) is 47.6 Å². The standard InChI is InChI=1S/C20H24O/c1-15-7-9-16(10-8-15)14-20(2,21)19-12-11-17-5-3-4-6-18(17)13-19/h7-13,21H,3-6,14H2,1-2H3. The van der Waals surface area contributed by atoms with E-state index in [1.54, 1.807) is 0 Å². The first-order valence-electron chi connectivity index (χ1n) is 7.95. The summed E-state index contributed by atoms with van der Waals surface area (Å²) >= 11 is 0. The van der Waals surface area contributed by atoms with Crippen molar-refractivity contribution in [1.82, 2.24) is 0 Å². The molecule has 110 valence electrons. The lowest BCUT2D eigenvalue weighted by Gasteiger charge is -2.26. The fourth-order valence-corrected chi connectivity index (χ4v) is 3.27. The molecule has 0 amide bonds. The van der Waals surface area contributed by atoms with Crippen LogP contribution in [0.15, 0.2) is 42.5 Å². The SMILES string of the molecule is Cc1ccc(CC(C)(O)c2ccc3c(c2)CCCC3)cc1. The molecular weight excluding hydrogens is 256 g/mol. The fraction of sp³-hybridized carbons (Fsp3) is 0.400. The van der Waals surface area contributed by atoms with Gasteiger partial charge in [0, 0.05) is 6.42 Å². The Morgan fingerprint density at radius 3 is 2.33 bits per heavy atom. The molecule has 2 aromatic rings. The lowest BCUT2D eigenvalue weighted by molar-refractivity contribution is 0.0575. The number of fused-ring (bicyclic) bond motifs is 1. The van der Waals surface area contributed by atoms with Gasteiger partial charge in [0.05, 0.1) is 5.60 Å². The van der Waals surface area contributed by atoms with Crippen LogP contribution in [0.4, 0.5) is 0 Å². The van der Waals surface area contributed by atoms with Gasteiger partial charge in [-0.3, -0.25) is 0 Å². The largest absolute Gasteiger partial charge is 0.385 e. The van der Waals surface area contributed by atoms with Crippen LogP contribution < -0.4 is 0 Å². The van der Waals surface area contributed by atoms with Crippen LogP contribution in [-0.2, 0) is 24.9 Å². The molecule has 0 saturated heterocycles. The van der Waals surface area contributed by atoms with Gasteiger partial charge in [0.15, 0.2) is 0 Å². The van der Waals surface area contributed by atoms with Gasteiger partial charge in [-0.1, -0.05) is 48.0 Å². The van der Waals surface area contributed by atoms with Crippen LogP contribution in [0.25, 0.3) is 0 Å². The van der Waals surface area contributed by atoms with Gasteiger partial charge in [-0.05, 0) is 61.8 Å². The van der Waals surface area contributed by atoms with Gasteiger partial charge in [0.1, 0.15) is 0 Å². The first-order chi connectivity index (χ1) is 10.0. The Hall–Kier alpha value is -1.60. The van der Waals surface area contributed by atoms with E-state index in [4.69, 9.17) is 0 Å². The Kier molecular flexibility index (Phi) is 3.86. The predicted octanol–water partition coefficient (Wildman–Crippen LogP) is 4.32. The van der Waals surface area contributed by atoms with Crippen LogP contribution in [0.2, 0.25) is 0 Å². The predicted molar refractivity (Wildman–Crippen MR) is 87.5 cm³/mol. The molecule has 1 atom stereocenters. The van der Waals surface area contributed by atoms with Gasteiger partial charge in [-0.2, -0.15) is 0 Å². The van der Waals surface area contributed by atoms with Gasteiger partial charge >= 0.3 is 0 Å². The molecule has 0 fully saturated rings. The lowest BCUT2D eigenvalue weighted by atomic mass is 9.84. The fourth-order valence-electron chi connectivity index (χ4n) is 3.27. The number of rotatable bonds is 3. The second kappa shape index (κ2) is 5.65. The Balaban J connectivity index is 1.85. The van der Waals surface area contributed by atoms with E-state index in [1.165, 1.54) is 41.5 Å². The van der Waals surface area contributed by atoms with E-state index in [9.17, 15) is 5.11 Å². The highest BCUT2D eigenvalue weighted by Gasteiger charge is 2.24. The van der Waals surface area contributed by atoms with Crippen LogP contribution in [0.3, 0.4) is 0 Å². The van der Waals surface area contributed by atoms with E-state index in [-0.39, 0.29) is 0 Å². The molecule has 0 aromatic heterocycles. The molecular formula is C20H24O. The monoisotopic (exact) mass is 280 g/mol. The van der Waals surface area contributed by atoms with Gasteiger partial charge in [-0.15, -0.1) is 0 Å². The van der Waals surface area contributed by atoms with Crippen LogP contribution in [-0.4, -0.2) is 5.11 Å². The molecule has 1 nitrogen and oxygen atoms in total. The number of aliphatic hydroxyl groups is 1. The molecule has 21 heavy (non-hydrogen) atoms. The highest BCUT2D eigenvalue weighted by atomic mass is 16.3. The molecule has 0 saturated carbocycles. The average molecular weight is 280 g/mol. The van der Waals surface area contributed by atoms with Crippen molar-refractivity contribution in [2.75, 3.05) is 0 Å². The van der Waals surface area contributed by atoms with Crippen molar-refractivity contribution in [3.05, 3.63) is 70.3 Å². The summed E-state index contributed by atoms with van der Waals surface area (Å²) in [5.74, 6) is 0. The van der Waals surface area contributed by atoms with Crippen molar-refractivity contribution in [2.45, 2.75) is 51.6 Å². The smallest absolute Gasteiger partial charge is 0.0908 e. The zero-order valence-electron chi connectivity index (χ0n) is 13.0. The minimum Gasteiger partial charge on any atom is -0.385 e. The second-order valence-electron chi connectivity index (χ2n) is 6.63. The zero-order valence-corrected chi connectivity index (χ0v) is 13.0. The maximum absolute atomic E-state index is 10.9. The Morgan fingerprint density at radius 2 is 1.62 bits per heavy atom. The van der Waals surface area contributed by atoms with Crippen molar-refractivity contribution in [2.24, 2.45) is 0 Å². The molecule has 0 heterocycles. The second-order valence-corrected chi connectivity index (χ2v) is 6.63. The molecule has 0 spiro atoms. The molecule has 1 unspecified atom stereocenters. The van der Waals surface area contributed by atoms with E-state index in [0.29, 0.717) is 6.42 Å². The molecule has 0 bridgehead atoms. The van der Waals surface area contributed by atoms with Crippen molar-refractivity contribution < 1.29 is 5.11 Å². The Morgan fingerprint density at radius 1 is 0.952 bits per heavy atom. The first kappa shape index (κ1) is 14.3. The minimum absolute atomic E-state index is 0.659. The van der Waals surface area contributed by atoms with Crippen molar-refractivity contribution in [1.29, 1.82) is 0 Å². The molecule has 2 aromatic carbocycles. The average Bonchev–Trinajstić information content (AvgIpc) is 2.49. The summed E-state index contributed by atoms with van der Waals surface area (Å²) in [5.41, 5.74) is 5.58. The van der Waals surface area contributed by atoms with Crippen molar-refractivity contribution in [3.63, 3.8) is 0 Å². The molecule has 0 radical (unpaired) electrons. The molecule has 3 rings (SSSR count). The van der Waals surface area contributed by atoms with Crippen LogP contribution in [0, 0.1) is 6.92 Å². The Bertz CT molecular complexity index is 623. The summed E-state index contributed by atoms with van der Waals surface area (Å²) in [6, 6.07) is 15.0. The van der Waals surface area contributed by atoms with E-state index in [0.717, 1.165) is 12.0 Å². The van der Waals surface area contributed by atoms with Crippen LogP contribution in [0.5, 0.6) is 0 Å². The number of aryl methyl sites for hydroxylation is 3. The number of benzene rings is 2. The van der Waals surface area contributed by atoms with Crippen molar-refractivity contribution in [3.8, 4) is 0 Å². The summed E-state index contributed by atoms with van der Waals surface area (Å²) in [6.45, 7) is 4.02. The van der Waals surface area contributed by atoms with E-state index in [2.05, 4.69) is 49.4 Å². The van der Waals surface area contributed by atoms with Crippen LogP contribution >= 0.6 is 0 Å². The maximum atomic E-state index is 10.9. The summed E-state index contributed by atoms with van der Waals surface area (Å²) in [4.78, 5) is 0. The summed E-state index contributed by atoms with van der Waals surface area (Å²) < 4.78 is 0. The molecule has 1 N–H and O–H groups in total. The maximum Gasteiger partial charge on any atom is 0.0908 e. The van der Waals surface area contributed by atoms with Gasteiger partial charge < -0.3 is 5.11 Å². The summed E-state index contributed by atoms with van der Waals surface area (Å²) in [7, 11) is 0. The van der Waals surface area contributed by atoms with E-state index >= 15 is 0 Å². The highest BCUT2D eigenvalue weighted by molar-refractivity contribution is 5.37. The highest BCUT2D eigenvalue weighted by Crippen LogP contribution is 2.30. The lowest BCUT2D eigenvalue weighted by Crippen LogP contribution is -2.25. The zero-order chi connectivity index (χ0) is 14.9. The normalized spacial score (nSPS) is 17.1. The first-order valence-corrected chi connectivity index (χ1v) is 7.95. The number of hydrogen-bond donors (Lipinski definition) is 1. The summed E-state index contributed by atoms with van der Waals surface area (Å²) in [6.07, 6.45) is 5.58. The van der Waals surface area contributed by atoms with Gasteiger partial charge in [-0.25, -0.2) is 0 Å². The number of hydrogen-bond acceptors (Lipinski definition) is 1. The summed E-state index contributed by atoms with van der Waals surface area (Å²) in [5, 5.41) is 10.9. The van der Waals surface area contributed by atoms with E-state index in [1.807, 2.05) is 6.92 Å². The van der Waals surface area contributed by atoms with E-state index < -0.39 is 5.60 Å². The third-order valence-electron chi connectivity index (χ3n) is 4.64. The van der Waals surface area contributed by atoms with Crippen molar-refractivity contribution >= 4 is 0 Å². The Labute approximate surface area is 127 Å². The van der Waals surface area contributed by atoms with Gasteiger partial charge in [0.25, 0.3) is 0 Å². The third kappa shape index (κ3) is 3.19. The third-order valence-corrected chi connectivity index (χ3v) is 4.64. The quantitative estimate of drug-likeness (QED) is 0.887. The minimum atomic E-state index is -0.804.